The maximum Gasteiger partial charge on any atom is 0.248 e. The third kappa shape index (κ3) is 3.52. The quantitative estimate of drug-likeness (QED) is 0.505. The molecule has 4 heteroatoms. The maximum atomic E-state index is 5.80. The van der Waals surface area contributed by atoms with Crippen LogP contribution in [0.3, 0.4) is 0 Å². The average Bonchev–Trinajstić information content (AvgIpc) is 3.18. The fraction of sp³-hybridized carbons (Fsp3) is 0.0455. The first kappa shape index (κ1) is 15.8. The maximum absolute atomic E-state index is 5.80. The predicted octanol–water partition coefficient (Wildman–Crippen LogP) is 4.51. The Morgan fingerprint density at radius 1 is 0.654 bits per heavy atom. The second-order valence-electron chi connectivity index (χ2n) is 5.84. The highest BCUT2D eigenvalue weighted by molar-refractivity contribution is 5.59. The molecule has 4 aromatic rings. The van der Waals surface area contributed by atoms with Gasteiger partial charge in [0.15, 0.2) is 0 Å². The second-order valence-corrected chi connectivity index (χ2v) is 5.84. The first-order chi connectivity index (χ1) is 12.8. The van der Waals surface area contributed by atoms with Crippen LogP contribution in [0.5, 0.6) is 0 Å². The summed E-state index contributed by atoms with van der Waals surface area (Å²) in [5.74, 6) is 7.25. The Labute approximate surface area is 151 Å². The number of hydrogen-bond donors (Lipinski definition) is 0. The smallest absolute Gasteiger partial charge is 0.248 e. The molecule has 0 unspecified atom stereocenters. The normalized spacial score (nSPS) is 10.2. The first-order valence-corrected chi connectivity index (χ1v) is 8.21. The Hall–Kier alpha value is -3.71. The predicted molar refractivity (Wildman–Crippen MR) is 100 cm³/mol. The summed E-state index contributed by atoms with van der Waals surface area (Å²) in [6.07, 6.45) is 3.46. The summed E-state index contributed by atoms with van der Waals surface area (Å²) in [5, 5.41) is 8.29. The van der Waals surface area contributed by atoms with Crippen LogP contribution in [0.15, 0.2) is 77.5 Å². The molecule has 26 heavy (non-hydrogen) atoms. The zero-order valence-corrected chi connectivity index (χ0v) is 14.2. The number of hydrogen-bond acceptors (Lipinski definition) is 4. The molecule has 0 fully saturated rings. The van der Waals surface area contributed by atoms with E-state index in [1.165, 1.54) is 5.56 Å². The van der Waals surface area contributed by atoms with Gasteiger partial charge in [0.05, 0.1) is 0 Å². The molecule has 0 spiro atoms. The van der Waals surface area contributed by atoms with Gasteiger partial charge in [-0.05, 0) is 55.5 Å². The molecule has 2 heterocycles. The van der Waals surface area contributed by atoms with E-state index < -0.39 is 0 Å². The van der Waals surface area contributed by atoms with Crippen molar-refractivity contribution < 1.29 is 4.42 Å². The molecule has 124 valence electrons. The van der Waals surface area contributed by atoms with Crippen LogP contribution in [0, 0.1) is 18.8 Å². The minimum Gasteiger partial charge on any atom is -0.416 e. The fourth-order valence-electron chi connectivity index (χ4n) is 2.43. The van der Waals surface area contributed by atoms with Crippen LogP contribution < -0.4 is 0 Å². The molecule has 2 aromatic carbocycles. The van der Waals surface area contributed by atoms with Crippen molar-refractivity contribution in [3.05, 3.63) is 89.7 Å². The van der Waals surface area contributed by atoms with E-state index in [1.54, 1.807) is 12.4 Å². The van der Waals surface area contributed by atoms with Crippen molar-refractivity contribution in [3.8, 4) is 34.7 Å². The molecule has 0 bridgehead atoms. The van der Waals surface area contributed by atoms with E-state index in [1.807, 2.05) is 67.6 Å². The van der Waals surface area contributed by atoms with Crippen LogP contribution in [-0.2, 0) is 0 Å². The number of pyridine rings is 1. The summed E-state index contributed by atoms with van der Waals surface area (Å²) in [7, 11) is 0. The van der Waals surface area contributed by atoms with Gasteiger partial charge in [0.2, 0.25) is 11.8 Å². The lowest BCUT2D eigenvalue weighted by Gasteiger charge is -1.97. The first-order valence-electron chi connectivity index (χ1n) is 8.21. The van der Waals surface area contributed by atoms with Gasteiger partial charge in [-0.1, -0.05) is 29.5 Å². The van der Waals surface area contributed by atoms with E-state index in [2.05, 4.69) is 27.0 Å². The van der Waals surface area contributed by atoms with Gasteiger partial charge in [-0.2, -0.15) is 0 Å². The Morgan fingerprint density at radius 3 is 1.73 bits per heavy atom. The van der Waals surface area contributed by atoms with Crippen molar-refractivity contribution in [2.24, 2.45) is 0 Å². The van der Waals surface area contributed by atoms with Gasteiger partial charge in [0, 0.05) is 34.6 Å². The van der Waals surface area contributed by atoms with Crippen molar-refractivity contribution >= 4 is 0 Å². The summed E-state index contributed by atoms with van der Waals surface area (Å²) >= 11 is 0. The topological polar surface area (TPSA) is 51.8 Å². The molecule has 0 amide bonds. The summed E-state index contributed by atoms with van der Waals surface area (Å²) in [6, 6.07) is 19.5. The summed E-state index contributed by atoms with van der Waals surface area (Å²) < 4.78 is 5.80. The molecule has 0 saturated carbocycles. The van der Waals surface area contributed by atoms with Gasteiger partial charge >= 0.3 is 0 Å². The van der Waals surface area contributed by atoms with Crippen molar-refractivity contribution in [1.82, 2.24) is 15.2 Å². The Kier molecular flexibility index (Phi) is 4.28. The van der Waals surface area contributed by atoms with Crippen molar-refractivity contribution in [3.63, 3.8) is 0 Å². The molecule has 0 atom stereocenters. The Balaban J connectivity index is 1.54. The van der Waals surface area contributed by atoms with Crippen LogP contribution in [-0.4, -0.2) is 15.2 Å². The molecule has 2 aromatic heterocycles. The largest absolute Gasteiger partial charge is 0.416 e. The molecular formula is C22H15N3O. The number of aromatic nitrogens is 3. The van der Waals surface area contributed by atoms with E-state index in [0.717, 1.165) is 22.3 Å². The molecule has 0 radical (unpaired) electrons. The molecule has 4 rings (SSSR count). The molecule has 0 aliphatic heterocycles. The molecule has 0 saturated heterocycles. The van der Waals surface area contributed by atoms with Crippen molar-refractivity contribution in [1.29, 1.82) is 0 Å². The van der Waals surface area contributed by atoms with Crippen LogP contribution in [0.4, 0.5) is 0 Å². The molecule has 0 aliphatic rings. The van der Waals surface area contributed by atoms with Gasteiger partial charge in [-0.3, -0.25) is 4.98 Å². The summed E-state index contributed by atoms with van der Waals surface area (Å²) in [5.41, 5.74) is 4.82. The second kappa shape index (κ2) is 7.04. The molecule has 0 N–H and O–H groups in total. The molecular weight excluding hydrogens is 322 g/mol. The van der Waals surface area contributed by atoms with Crippen LogP contribution in [0.2, 0.25) is 0 Å². The highest BCUT2D eigenvalue weighted by Crippen LogP contribution is 2.24. The average molecular weight is 337 g/mol. The van der Waals surface area contributed by atoms with E-state index in [0.29, 0.717) is 11.8 Å². The Bertz CT molecular complexity index is 1070. The van der Waals surface area contributed by atoms with Gasteiger partial charge in [0.25, 0.3) is 0 Å². The van der Waals surface area contributed by atoms with Crippen LogP contribution >= 0.6 is 0 Å². The van der Waals surface area contributed by atoms with Crippen LogP contribution in [0.1, 0.15) is 16.7 Å². The molecule has 0 aliphatic carbocycles. The fourth-order valence-corrected chi connectivity index (χ4v) is 2.43. The lowest BCUT2D eigenvalue weighted by molar-refractivity contribution is 0.584. The highest BCUT2D eigenvalue weighted by Gasteiger charge is 2.10. The number of rotatable bonds is 2. The third-order valence-corrected chi connectivity index (χ3v) is 3.89. The number of benzene rings is 2. The monoisotopic (exact) mass is 337 g/mol. The number of aryl methyl sites for hydroxylation is 1. The van der Waals surface area contributed by atoms with Crippen molar-refractivity contribution in [2.75, 3.05) is 0 Å². The van der Waals surface area contributed by atoms with E-state index in [4.69, 9.17) is 4.42 Å². The van der Waals surface area contributed by atoms with Gasteiger partial charge in [0.1, 0.15) is 0 Å². The Morgan fingerprint density at radius 2 is 1.15 bits per heavy atom. The standard InChI is InChI=1S/C22H15N3O/c1-16-2-8-19(9-3-16)21-24-25-22(26-21)20-10-6-17(7-11-20)4-5-18-12-14-23-15-13-18/h2-3,6-15H,1H3. The van der Waals surface area contributed by atoms with Gasteiger partial charge < -0.3 is 4.42 Å². The minimum atomic E-state index is 0.495. The van der Waals surface area contributed by atoms with Crippen molar-refractivity contribution in [2.45, 2.75) is 6.92 Å². The summed E-state index contributed by atoms with van der Waals surface area (Å²) in [6.45, 7) is 2.04. The van der Waals surface area contributed by atoms with Crippen LogP contribution in [0.25, 0.3) is 22.9 Å². The van der Waals surface area contributed by atoms with E-state index >= 15 is 0 Å². The third-order valence-electron chi connectivity index (χ3n) is 3.89. The minimum absolute atomic E-state index is 0.495. The SMILES string of the molecule is Cc1ccc(-c2nnc(-c3ccc(C#Cc4ccncc4)cc3)o2)cc1. The van der Waals surface area contributed by atoms with E-state index in [-0.39, 0.29) is 0 Å². The highest BCUT2D eigenvalue weighted by atomic mass is 16.4. The summed E-state index contributed by atoms with van der Waals surface area (Å²) in [4.78, 5) is 3.98. The van der Waals surface area contributed by atoms with E-state index in [9.17, 15) is 0 Å². The van der Waals surface area contributed by atoms with Gasteiger partial charge in [-0.25, -0.2) is 0 Å². The van der Waals surface area contributed by atoms with Gasteiger partial charge in [-0.15, -0.1) is 10.2 Å². The number of nitrogens with zero attached hydrogens (tertiary/aromatic N) is 3. The zero-order chi connectivity index (χ0) is 17.8. The lowest BCUT2D eigenvalue weighted by atomic mass is 10.1. The zero-order valence-electron chi connectivity index (χ0n) is 14.2. The molecule has 4 nitrogen and oxygen atoms in total. The lowest BCUT2D eigenvalue weighted by Crippen LogP contribution is -1.80.